The molecular weight excluding hydrogens is 318 g/mol. The minimum atomic E-state index is 0.607. The van der Waals surface area contributed by atoms with E-state index in [2.05, 4.69) is 78.6 Å². The summed E-state index contributed by atoms with van der Waals surface area (Å²) >= 11 is 0. The maximum absolute atomic E-state index is 5.88. The molecule has 0 saturated carbocycles. The Kier molecular flexibility index (Phi) is 6.86. The maximum Gasteiger partial charge on any atom is 0.119 e. The van der Waals surface area contributed by atoms with E-state index in [0.29, 0.717) is 6.61 Å². The number of nitrogens with zero attached hydrogens (tertiary/aromatic N) is 1. The van der Waals surface area contributed by atoms with Crippen molar-refractivity contribution in [1.29, 1.82) is 0 Å². The van der Waals surface area contributed by atoms with Crippen molar-refractivity contribution in [3.05, 3.63) is 102 Å². The third-order valence-electron chi connectivity index (χ3n) is 4.37. The molecular formula is C24H27NO. The summed E-state index contributed by atoms with van der Waals surface area (Å²) in [4.78, 5) is 2.50. The minimum absolute atomic E-state index is 0.607. The fourth-order valence-corrected chi connectivity index (χ4v) is 3.06. The molecule has 0 saturated heterocycles. The van der Waals surface area contributed by atoms with Crippen LogP contribution < -0.4 is 4.74 Å². The summed E-state index contributed by atoms with van der Waals surface area (Å²) in [6, 6.07) is 29.5. The third kappa shape index (κ3) is 5.75. The van der Waals surface area contributed by atoms with Gasteiger partial charge in [-0.15, -0.1) is 0 Å². The average molecular weight is 345 g/mol. The molecule has 3 aromatic rings. The Morgan fingerprint density at radius 3 is 1.77 bits per heavy atom. The molecule has 134 valence electrons. The smallest absolute Gasteiger partial charge is 0.119 e. The Labute approximate surface area is 157 Å². The maximum atomic E-state index is 5.88. The molecule has 26 heavy (non-hydrogen) atoms. The van der Waals surface area contributed by atoms with Gasteiger partial charge in [-0.1, -0.05) is 79.7 Å². The summed E-state index contributed by atoms with van der Waals surface area (Å²) in [6.07, 6.45) is 1.16. The molecule has 0 unspecified atom stereocenters. The van der Waals surface area contributed by atoms with E-state index >= 15 is 0 Å². The zero-order valence-corrected chi connectivity index (χ0v) is 15.5. The summed E-state index contributed by atoms with van der Waals surface area (Å²) in [5.41, 5.74) is 3.87. The van der Waals surface area contributed by atoms with Crippen LogP contribution in [0.15, 0.2) is 84.9 Å². The molecule has 0 aliphatic carbocycles. The van der Waals surface area contributed by atoms with Crippen LogP contribution in [0.25, 0.3) is 0 Å². The van der Waals surface area contributed by atoms with Crippen LogP contribution in [0, 0.1) is 0 Å². The first-order valence-corrected chi connectivity index (χ1v) is 9.35. The minimum Gasteiger partial charge on any atom is -0.489 e. The predicted octanol–water partition coefficient (Wildman–Crippen LogP) is 5.68. The molecule has 0 aromatic heterocycles. The molecule has 3 rings (SSSR count). The van der Waals surface area contributed by atoms with Gasteiger partial charge >= 0.3 is 0 Å². The highest BCUT2D eigenvalue weighted by molar-refractivity contribution is 5.28. The molecule has 0 radical (unpaired) electrons. The van der Waals surface area contributed by atoms with Crippen LogP contribution in [0.4, 0.5) is 0 Å². The van der Waals surface area contributed by atoms with Crippen LogP contribution in [0.3, 0.4) is 0 Å². The van der Waals surface area contributed by atoms with Gasteiger partial charge in [0.1, 0.15) is 12.4 Å². The normalized spacial score (nSPS) is 10.8. The Hall–Kier alpha value is -2.58. The Bertz CT molecular complexity index is 753. The van der Waals surface area contributed by atoms with E-state index in [1.807, 2.05) is 18.2 Å². The molecule has 0 atom stereocenters. The van der Waals surface area contributed by atoms with Crippen LogP contribution in [0.5, 0.6) is 5.75 Å². The largest absolute Gasteiger partial charge is 0.489 e. The zero-order chi connectivity index (χ0) is 18.0. The van der Waals surface area contributed by atoms with Gasteiger partial charge in [0, 0.05) is 13.1 Å². The molecule has 0 bridgehead atoms. The average Bonchev–Trinajstić information content (AvgIpc) is 2.69. The van der Waals surface area contributed by atoms with Gasteiger partial charge in [-0.2, -0.15) is 0 Å². The van der Waals surface area contributed by atoms with Crippen molar-refractivity contribution in [2.24, 2.45) is 0 Å². The molecule has 0 heterocycles. The Morgan fingerprint density at radius 2 is 1.19 bits per heavy atom. The van der Waals surface area contributed by atoms with Gasteiger partial charge < -0.3 is 4.74 Å². The predicted molar refractivity (Wildman–Crippen MR) is 108 cm³/mol. The lowest BCUT2D eigenvalue weighted by Crippen LogP contribution is -2.23. The van der Waals surface area contributed by atoms with Gasteiger partial charge in [-0.25, -0.2) is 0 Å². The molecule has 2 heteroatoms. The zero-order valence-electron chi connectivity index (χ0n) is 15.5. The van der Waals surface area contributed by atoms with Gasteiger partial charge in [0.05, 0.1) is 0 Å². The lowest BCUT2D eigenvalue weighted by molar-refractivity contribution is 0.257. The highest BCUT2D eigenvalue weighted by Crippen LogP contribution is 2.17. The van der Waals surface area contributed by atoms with E-state index in [0.717, 1.165) is 31.8 Å². The van der Waals surface area contributed by atoms with Crippen LogP contribution in [-0.4, -0.2) is 11.4 Å². The van der Waals surface area contributed by atoms with Crippen LogP contribution >= 0.6 is 0 Å². The van der Waals surface area contributed by atoms with Crippen molar-refractivity contribution in [2.45, 2.75) is 33.0 Å². The monoisotopic (exact) mass is 345 g/mol. The lowest BCUT2D eigenvalue weighted by Gasteiger charge is -2.22. The van der Waals surface area contributed by atoms with E-state index in [1.165, 1.54) is 16.7 Å². The summed E-state index contributed by atoms with van der Waals surface area (Å²) in [5, 5.41) is 0. The summed E-state index contributed by atoms with van der Waals surface area (Å²) < 4.78 is 5.88. The van der Waals surface area contributed by atoms with Crippen molar-refractivity contribution in [3.8, 4) is 5.75 Å². The van der Waals surface area contributed by atoms with Gasteiger partial charge in [0.15, 0.2) is 0 Å². The number of benzene rings is 3. The fraction of sp³-hybridized carbons (Fsp3) is 0.250. The highest BCUT2D eigenvalue weighted by atomic mass is 16.5. The molecule has 0 aliphatic rings. The van der Waals surface area contributed by atoms with E-state index in [1.54, 1.807) is 0 Å². The first-order chi connectivity index (χ1) is 12.8. The first kappa shape index (κ1) is 18.2. The molecule has 0 fully saturated rings. The van der Waals surface area contributed by atoms with Crippen molar-refractivity contribution in [1.82, 2.24) is 4.90 Å². The second-order valence-electron chi connectivity index (χ2n) is 6.61. The number of hydrogen-bond acceptors (Lipinski definition) is 2. The lowest BCUT2D eigenvalue weighted by atomic mass is 10.1. The van der Waals surface area contributed by atoms with Crippen molar-refractivity contribution in [3.63, 3.8) is 0 Å². The second kappa shape index (κ2) is 9.79. The summed E-state index contributed by atoms with van der Waals surface area (Å²) in [6.45, 7) is 5.89. The highest BCUT2D eigenvalue weighted by Gasteiger charge is 2.06. The standard InChI is InChI=1S/C24H27NO/c1-2-17-25(18-21-9-5-3-6-10-21)19-22-13-15-24(16-14-22)26-20-23-11-7-4-8-12-23/h3-16H,2,17-20H2,1H3. The van der Waals surface area contributed by atoms with Crippen molar-refractivity contribution >= 4 is 0 Å². The first-order valence-electron chi connectivity index (χ1n) is 9.35. The van der Waals surface area contributed by atoms with Crippen molar-refractivity contribution < 1.29 is 4.74 Å². The molecule has 0 aliphatic heterocycles. The number of hydrogen-bond donors (Lipinski definition) is 0. The second-order valence-corrected chi connectivity index (χ2v) is 6.61. The topological polar surface area (TPSA) is 12.5 Å². The Balaban J connectivity index is 1.56. The van der Waals surface area contributed by atoms with Gasteiger partial charge in [0.2, 0.25) is 0 Å². The van der Waals surface area contributed by atoms with E-state index in [9.17, 15) is 0 Å². The van der Waals surface area contributed by atoms with Gasteiger partial charge in [-0.3, -0.25) is 4.90 Å². The van der Waals surface area contributed by atoms with Crippen LogP contribution in [0.2, 0.25) is 0 Å². The van der Waals surface area contributed by atoms with E-state index < -0.39 is 0 Å². The fourth-order valence-electron chi connectivity index (χ4n) is 3.06. The number of rotatable bonds is 9. The quantitative estimate of drug-likeness (QED) is 0.495. The van der Waals surface area contributed by atoms with Crippen LogP contribution in [-0.2, 0) is 19.7 Å². The van der Waals surface area contributed by atoms with E-state index in [-0.39, 0.29) is 0 Å². The third-order valence-corrected chi connectivity index (χ3v) is 4.37. The SMILES string of the molecule is CCCN(Cc1ccccc1)Cc1ccc(OCc2ccccc2)cc1. The van der Waals surface area contributed by atoms with Crippen molar-refractivity contribution in [2.75, 3.05) is 6.54 Å². The Morgan fingerprint density at radius 1 is 0.654 bits per heavy atom. The molecule has 2 nitrogen and oxygen atoms in total. The van der Waals surface area contributed by atoms with Gasteiger partial charge in [0.25, 0.3) is 0 Å². The molecule has 0 N–H and O–H groups in total. The number of ether oxygens (including phenoxy) is 1. The molecule has 0 spiro atoms. The van der Waals surface area contributed by atoms with Gasteiger partial charge in [-0.05, 0) is 41.8 Å². The summed E-state index contributed by atoms with van der Waals surface area (Å²) in [5.74, 6) is 0.919. The van der Waals surface area contributed by atoms with Crippen LogP contribution in [0.1, 0.15) is 30.0 Å². The molecule has 0 amide bonds. The van der Waals surface area contributed by atoms with E-state index in [4.69, 9.17) is 4.74 Å². The molecule has 3 aromatic carbocycles. The summed E-state index contributed by atoms with van der Waals surface area (Å²) in [7, 11) is 0.